The zero-order chi connectivity index (χ0) is 35.3. The number of hydrogen-bond donors (Lipinski definition) is 2. The zero-order valence-electron chi connectivity index (χ0n) is 29.0. The van der Waals surface area contributed by atoms with Crippen LogP contribution < -0.4 is 35.9 Å². The second-order valence-electron chi connectivity index (χ2n) is 13.4. The van der Waals surface area contributed by atoms with Crippen LogP contribution in [-0.2, 0) is 11.6 Å². The van der Waals surface area contributed by atoms with E-state index in [1.165, 1.54) is 12.8 Å². The van der Waals surface area contributed by atoms with E-state index in [1.54, 1.807) is 42.7 Å². The van der Waals surface area contributed by atoms with Crippen molar-refractivity contribution >= 4 is 82.0 Å². The fourth-order valence-corrected chi connectivity index (χ4v) is 8.87. The lowest BCUT2D eigenvalue weighted by molar-refractivity contribution is 0.416. The molecule has 0 unspecified atom stereocenters. The van der Waals surface area contributed by atoms with Gasteiger partial charge in [0.15, 0.2) is 5.13 Å². The Morgan fingerprint density at radius 2 is 1.76 bits per heavy atom. The SMILES string of the molecule is [B]c1cnc(Nc2cc(-c3cnn(C)c3)c(N3CCN(c4nccs4)CC3)cc2OC)nc1Nc1ccc2nc(C3CC3)ccc2c1P(C)(C)=O. The quantitative estimate of drug-likeness (QED) is 0.136. The molecule has 2 aromatic carbocycles. The summed E-state index contributed by atoms with van der Waals surface area (Å²) in [5, 5.41) is 15.9. The van der Waals surface area contributed by atoms with Gasteiger partial charge in [0.1, 0.15) is 26.6 Å². The summed E-state index contributed by atoms with van der Waals surface area (Å²) in [6.07, 6.45) is 9.62. The first kappa shape index (κ1) is 33.2. The highest BCUT2D eigenvalue weighted by Crippen LogP contribution is 2.44. The van der Waals surface area contributed by atoms with Crippen molar-refractivity contribution in [3.05, 3.63) is 72.3 Å². The molecular weight excluding hydrogens is 678 g/mol. The number of ether oxygens (including phenoxy) is 1. The van der Waals surface area contributed by atoms with E-state index in [2.05, 4.69) is 53.7 Å². The number of methoxy groups -OCH3 is 1. The highest BCUT2D eigenvalue weighted by molar-refractivity contribution is 7.71. The predicted octanol–water partition coefficient (Wildman–Crippen LogP) is 5.62. The molecule has 4 aromatic heterocycles. The Hall–Kier alpha value is -4.94. The first-order valence-electron chi connectivity index (χ1n) is 16.9. The summed E-state index contributed by atoms with van der Waals surface area (Å²) in [4.78, 5) is 23.4. The number of anilines is 6. The summed E-state index contributed by atoms with van der Waals surface area (Å²) in [5.41, 5.74) is 6.68. The molecular formula is C36H38BN10O2PS. The number of benzene rings is 2. The minimum absolute atomic E-state index is 0.321. The van der Waals surface area contributed by atoms with Gasteiger partial charge in [0.25, 0.3) is 0 Å². The van der Waals surface area contributed by atoms with Crippen molar-refractivity contribution in [3.8, 4) is 16.9 Å². The van der Waals surface area contributed by atoms with Gasteiger partial charge in [0, 0.05) is 102 Å². The normalized spacial score (nSPS) is 15.0. The highest BCUT2D eigenvalue weighted by atomic mass is 32.1. The van der Waals surface area contributed by atoms with E-state index >= 15 is 0 Å². The minimum atomic E-state index is -2.75. The van der Waals surface area contributed by atoms with Crippen molar-refractivity contribution in [1.82, 2.24) is 29.7 Å². The standard InChI is InChI=1S/C36H38BN10O2PS/c1-45-21-23(19-40-45)25-17-30(32(49-2)18-31(25)46-12-14-47(15-13-46)36-38-11-16-51-36)43-35-39-20-26(37)34(44-35)42-29-10-9-28-24(33(29)50(3,4)48)7-8-27(41-28)22-5-6-22/h7-11,16-22H,5-6,12-15H2,1-4H3,(H2,39,42,43,44). The van der Waals surface area contributed by atoms with Gasteiger partial charge in [-0.3, -0.25) is 9.67 Å². The molecule has 5 heterocycles. The number of rotatable bonds is 10. The molecule has 1 aliphatic carbocycles. The molecule has 12 nitrogen and oxygen atoms in total. The van der Waals surface area contributed by atoms with Crippen LogP contribution in [0.1, 0.15) is 24.5 Å². The molecule has 2 radical (unpaired) electrons. The number of pyridine rings is 1. The van der Waals surface area contributed by atoms with E-state index in [0.29, 0.717) is 45.6 Å². The molecule has 1 saturated heterocycles. The van der Waals surface area contributed by atoms with Gasteiger partial charge in [-0.25, -0.2) is 9.97 Å². The van der Waals surface area contributed by atoms with Gasteiger partial charge in [0.05, 0.1) is 30.2 Å². The van der Waals surface area contributed by atoms with E-state index in [4.69, 9.17) is 22.6 Å². The Morgan fingerprint density at radius 3 is 2.45 bits per heavy atom. The topological polar surface area (TPSA) is 126 Å². The molecule has 51 heavy (non-hydrogen) atoms. The second kappa shape index (κ2) is 13.3. The first-order chi connectivity index (χ1) is 24.6. The van der Waals surface area contributed by atoms with Gasteiger partial charge in [-0.05, 0) is 55.9 Å². The van der Waals surface area contributed by atoms with Crippen LogP contribution in [0.3, 0.4) is 0 Å². The second-order valence-corrected chi connectivity index (χ2v) is 17.4. The van der Waals surface area contributed by atoms with Crippen LogP contribution >= 0.6 is 18.5 Å². The summed E-state index contributed by atoms with van der Waals surface area (Å²) in [5.74, 6) is 1.88. The third kappa shape index (κ3) is 6.78. The molecule has 6 aromatic rings. The van der Waals surface area contributed by atoms with E-state index in [-0.39, 0.29) is 0 Å². The Labute approximate surface area is 302 Å². The monoisotopic (exact) mass is 716 g/mol. The van der Waals surface area contributed by atoms with Crippen LogP contribution in [0.25, 0.3) is 22.0 Å². The average Bonchev–Trinajstić information content (AvgIpc) is 3.64. The van der Waals surface area contributed by atoms with Crippen molar-refractivity contribution < 1.29 is 9.30 Å². The van der Waals surface area contributed by atoms with Crippen molar-refractivity contribution in [3.63, 3.8) is 0 Å². The molecule has 0 spiro atoms. The predicted molar refractivity (Wildman–Crippen MR) is 209 cm³/mol. The third-order valence-corrected chi connectivity index (χ3v) is 11.7. The van der Waals surface area contributed by atoms with Crippen LogP contribution in [0.5, 0.6) is 5.75 Å². The van der Waals surface area contributed by atoms with Gasteiger partial charge in [-0.15, -0.1) is 11.3 Å². The minimum Gasteiger partial charge on any atom is -0.494 e. The molecule has 2 aliphatic rings. The van der Waals surface area contributed by atoms with Gasteiger partial charge in [0.2, 0.25) is 5.95 Å². The summed E-state index contributed by atoms with van der Waals surface area (Å²) in [7, 11) is 7.23. The Morgan fingerprint density at radius 1 is 0.961 bits per heavy atom. The van der Waals surface area contributed by atoms with Gasteiger partial charge >= 0.3 is 0 Å². The number of thiazole rings is 1. The fourth-order valence-electron chi connectivity index (χ4n) is 6.69. The number of piperazine rings is 1. The Kier molecular flexibility index (Phi) is 8.67. The van der Waals surface area contributed by atoms with Crippen LogP contribution in [0, 0.1) is 0 Å². The third-order valence-electron chi connectivity index (χ3n) is 9.36. The molecule has 2 fully saturated rings. The molecule has 15 heteroatoms. The van der Waals surface area contributed by atoms with Crippen molar-refractivity contribution in [1.29, 1.82) is 0 Å². The highest BCUT2D eigenvalue weighted by Gasteiger charge is 2.27. The van der Waals surface area contributed by atoms with Gasteiger partial charge < -0.3 is 29.7 Å². The zero-order valence-corrected chi connectivity index (χ0v) is 30.7. The molecule has 8 rings (SSSR count). The van der Waals surface area contributed by atoms with Crippen molar-refractivity contribution in [2.24, 2.45) is 7.05 Å². The summed E-state index contributed by atoms with van der Waals surface area (Å²) in [6.45, 7) is 6.93. The molecule has 0 bridgehead atoms. The van der Waals surface area contributed by atoms with Crippen molar-refractivity contribution in [2.45, 2.75) is 18.8 Å². The van der Waals surface area contributed by atoms with Crippen LogP contribution in [0.2, 0.25) is 0 Å². The van der Waals surface area contributed by atoms with E-state index in [9.17, 15) is 4.57 Å². The largest absolute Gasteiger partial charge is 0.494 e. The smallest absolute Gasteiger partial charge is 0.229 e. The number of aromatic nitrogens is 6. The van der Waals surface area contributed by atoms with E-state index in [1.807, 2.05) is 49.2 Å². The number of hydrogen-bond acceptors (Lipinski definition) is 12. The number of aryl methyl sites for hydroxylation is 1. The van der Waals surface area contributed by atoms with Crippen LogP contribution in [-0.4, -0.2) is 84.2 Å². The lowest BCUT2D eigenvalue weighted by Crippen LogP contribution is -2.46. The summed E-state index contributed by atoms with van der Waals surface area (Å²) in [6, 6.07) is 12.1. The average molecular weight is 717 g/mol. The van der Waals surface area contributed by atoms with Crippen LogP contribution in [0.4, 0.5) is 34.0 Å². The van der Waals surface area contributed by atoms with Crippen molar-refractivity contribution in [2.75, 3.05) is 67.1 Å². The lowest BCUT2D eigenvalue weighted by atomic mass is 9.99. The van der Waals surface area contributed by atoms with E-state index in [0.717, 1.165) is 64.7 Å². The lowest BCUT2D eigenvalue weighted by Gasteiger charge is -2.37. The fraction of sp³-hybridized carbons (Fsp3) is 0.306. The molecule has 1 aliphatic heterocycles. The number of fused-ring (bicyclic) bond motifs is 1. The summed E-state index contributed by atoms with van der Waals surface area (Å²) < 4.78 is 21.5. The molecule has 0 atom stereocenters. The maximum absolute atomic E-state index is 13.7. The maximum atomic E-state index is 13.7. The molecule has 2 N–H and O–H groups in total. The first-order valence-corrected chi connectivity index (χ1v) is 20.4. The van der Waals surface area contributed by atoms with Gasteiger partial charge in [-0.1, -0.05) is 6.07 Å². The Balaban J connectivity index is 1.11. The molecule has 1 saturated carbocycles. The van der Waals surface area contributed by atoms with E-state index < -0.39 is 7.14 Å². The maximum Gasteiger partial charge on any atom is 0.229 e. The summed E-state index contributed by atoms with van der Waals surface area (Å²) >= 11 is 1.66. The molecule has 0 amide bonds. The van der Waals surface area contributed by atoms with Gasteiger partial charge in [-0.2, -0.15) is 10.1 Å². The van der Waals surface area contributed by atoms with Crippen LogP contribution in [0.15, 0.2) is 66.6 Å². The number of nitrogens with one attached hydrogen (secondary N) is 2. The Bertz CT molecular complexity index is 2280. The number of nitrogens with zero attached hydrogens (tertiary/aromatic N) is 8. The molecule has 258 valence electrons.